The third kappa shape index (κ3) is 2.09. The summed E-state index contributed by atoms with van der Waals surface area (Å²) in [5, 5.41) is 1.81. The molecular formula is C13H10O2S. The first-order valence-corrected chi connectivity index (χ1v) is 5.74. The fourth-order valence-electron chi connectivity index (χ4n) is 1.46. The lowest BCUT2D eigenvalue weighted by molar-refractivity contribution is 0.101. The molecule has 1 aromatic heterocycles. The Balaban J connectivity index is 2.43. The highest BCUT2D eigenvalue weighted by Gasteiger charge is 2.05. The van der Waals surface area contributed by atoms with Crippen LogP contribution < -0.4 is 0 Å². The quantitative estimate of drug-likeness (QED) is 0.598. The zero-order valence-electron chi connectivity index (χ0n) is 8.77. The van der Waals surface area contributed by atoms with Gasteiger partial charge in [0, 0.05) is 21.4 Å². The molecule has 16 heavy (non-hydrogen) atoms. The van der Waals surface area contributed by atoms with Crippen molar-refractivity contribution < 1.29 is 9.59 Å². The van der Waals surface area contributed by atoms with Gasteiger partial charge in [0.1, 0.15) is 0 Å². The number of carbonyl (C=O) groups excluding carboxylic acids is 2. The molecule has 0 radical (unpaired) electrons. The minimum atomic E-state index is 0.0500. The van der Waals surface area contributed by atoms with Gasteiger partial charge in [-0.3, -0.25) is 9.59 Å². The number of carbonyl (C=O) groups is 2. The van der Waals surface area contributed by atoms with Gasteiger partial charge in [-0.1, -0.05) is 18.2 Å². The standard InChI is InChI=1S/C13H10O2S/c1-9(15)11-3-2-4-12(6-11)13-5-10(7-14)8-16-13/h2-8H,1H3. The van der Waals surface area contributed by atoms with Gasteiger partial charge in [0.05, 0.1) is 0 Å². The van der Waals surface area contributed by atoms with Gasteiger partial charge in [0.25, 0.3) is 0 Å². The van der Waals surface area contributed by atoms with E-state index in [0.717, 1.165) is 16.7 Å². The Morgan fingerprint density at radius 1 is 1.31 bits per heavy atom. The third-order valence-corrected chi connectivity index (χ3v) is 3.31. The monoisotopic (exact) mass is 230 g/mol. The van der Waals surface area contributed by atoms with Gasteiger partial charge in [0.15, 0.2) is 12.1 Å². The molecule has 1 heterocycles. The van der Waals surface area contributed by atoms with Crippen LogP contribution in [0.15, 0.2) is 35.7 Å². The van der Waals surface area contributed by atoms with Gasteiger partial charge in [0.2, 0.25) is 0 Å². The number of aldehydes is 1. The average Bonchev–Trinajstić information content (AvgIpc) is 2.77. The summed E-state index contributed by atoms with van der Waals surface area (Å²) in [7, 11) is 0. The summed E-state index contributed by atoms with van der Waals surface area (Å²) in [6, 6.07) is 9.26. The summed E-state index contributed by atoms with van der Waals surface area (Å²) in [6.45, 7) is 1.55. The Bertz CT molecular complexity index is 540. The van der Waals surface area contributed by atoms with Gasteiger partial charge >= 0.3 is 0 Å². The van der Waals surface area contributed by atoms with Crippen molar-refractivity contribution in [3.05, 3.63) is 46.8 Å². The maximum atomic E-state index is 11.2. The van der Waals surface area contributed by atoms with Gasteiger partial charge in [-0.05, 0) is 24.6 Å². The van der Waals surface area contributed by atoms with Crippen LogP contribution in [0.2, 0.25) is 0 Å². The average molecular weight is 230 g/mol. The number of hydrogen-bond acceptors (Lipinski definition) is 3. The van der Waals surface area contributed by atoms with E-state index < -0.39 is 0 Å². The maximum absolute atomic E-state index is 11.2. The molecule has 0 saturated carbocycles. The van der Waals surface area contributed by atoms with Crippen molar-refractivity contribution in [2.24, 2.45) is 0 Å². The Labute approximate surface area is 97.5 Å². The maximum Gasteiger partial charge on any atom is 0.159 e. The van der Waals surface area contributed by atoms with E-state index in [1.54, 1.807) is 13.0 Å². The van der Waals surface area contributed by atoms with E-state index in [9.17, 15) is 9.59 Å². The van der Waals surface area contributed by atoms with Crippen LogP contribution >= 0.6 is 11.3 Å². The number of Topliss-reactive ketones (excluding diaryl/α,β-unsaturated/α-hetero) is 1. The summed E-state index contributed by atoms with van der Waals surface area (Å²) in [6.07, 6.45) is 0.828. The number of ketones is 1. The number of thiophene rings is 1. The van der Waals surface area contributed by atoms with Gasteiger partial charge < -0.3 is 0 Å². The van der Waals surface area contributed by atoms with Crippen LogP contribution in [0.25, 0.3) is 10.4 Å². The smallest absolute Gasteiger partial charge is 0.159 e. The summed E-state index contributed by atoms with van der Waals surface area (Å²) < 4.78 is 0. The largest absolute Gasteiger partial charge is 0.298 e. The van der Waals surface area contributed by atoms with Crippen molar-refractivity contribution in [2.45, 2.75) is 6.92 Å². The molecule has 0 spiro atoms. The molecule has 0 aliphatic rings. The lowest BCUT2D eigenvalue weighted by Gasteiger charge is -1.99. The zero-order chi connectivity index (χ0) is 11.5. The van der Waals surface area contributed by atoms with Crippen molar-refractivity contribution in [2.75, 3.05) is 0 Å². The third-order valence-electron chi connectivity index (χ3n) is 2.31. The fourth-order valence-corrected chi connectivity index (χ4v) is 2.31. The van der Waals surface area contributed by atoms with Crippen molar-refractivity contribution >= 4 is 23.4 Å². The SMILES string of the molecule is CC(=O)c1cccc(-c2cc(C=O)cs2)c1. The highest BCUT2D eigenvalue weighted by molar-refractivity contribution is 7.13. The summed E-state index contributed by atoms with van der Waals surface area (Å²) in [4.78, 5) is 22.8. The number of hydrogen-bond donors (Lipinski definition) is 0. The van der Waals surface area contributed by atoms with Crippen LogP contribution in [0, 0.1) is 0 Å². The molecule has 0 atom stereocenters. The topological polar surface area (TPSA) is 34.1 Å². The van der Waals surface area contributed by atoms with Crippen molar-refractivity contribution in [3.8, 4) is 10.4 Å². The Kier molecular flexibility index (Phi) is 2.97. The van der Waals surface area contributed by atoms with Crippen LogP contribution in [0.5, 0.6) is 0 Å². The number of benzene rings is 1. The Morgan fingerprint density at radius 3 is 2.75 bits per heavy atom. The molecule has 80 valence electrons. The predicted molar refractivity (Wildman–Crippen MR) is 65.1 cm³/mol. The van der Waals surface area contributed by atoms with Gasteiger partial charge in [-0.25, -0.2) is 0 Å². The molecule has 0 aliphatic heterocycles. The second-order valence-corrected chi connectivity index (χ2v) is 4.41. The molecule has 2 nitrogen and oxygen atoms in total. The van der Waals surface area contributed by atoms with E-state index in [-0.39, 0.29) is 5.78 Å². The molecule has 1 aromatic carbocycles. The second kappa shape index (κ2) is 4.41. The van der Waals surface area contributed by atoms with Crippen molar-refractivity contribution in [1.29, 1.82) is 0 Å². The minimum absolute atomic E-state index is 0.0500. The van der Waals surface area contributed by atoms with Gasteiger partial charge in [-0.2, -0.15) is 0 Å². The van der Waals surface area contributed by atoms with Crippen molar-refractivity contribution in [3.63, 3.8) is 0 Å². The summed E-state index contributed by atoms with van der Waals surface area (Å²) in [5.41, 5.74) is 2.34. The van der Waals surface area contributed by atoms with E-state index in [0.29, 0.717) is 11.1 Å². The molecule has 3 heteroatoms. The molecule has 0 aliphatic carbocycles. The molecule has 0 fully saturated rings. The minimum Gasteiger partial charge on any atom is -0.298 e. The normalized spacial score (nSPS) is 10.1. The molecule has 2 rings (SSSR count). The molecule has 2 aromatic rings. The number of rotatable bonds is 3. The first-order valence-electron chi connectivity index (χ1n) is 4.86. The molecule has 0 unspecified atom stereocenters. The fraction of sp³-hybridized carbons (Fsp3) is 0.0769. The highest BCUT2D eigenvalue weighted by atomic mass is 32.1. The second-order valence-electron chi connectivity index (χ2n) is 3.50. The molecule has 0 N–H and O–H groups in total. The summed E-state index contributed by atoms with van der Waals surface area (Å²) >= 11 is 1.51. The first kappa shape index (κ1) is 10.8. The predicted octanol–water partition coefficient (Wildman–Crippen LogP) is 3.43. The van der Waals surface area contributed by atoms with Crippen LogP contribution in [0.1, 0.15) is 27.6 Å². The Morgan fingerprint density at radius 2 is 2.12 bits per heavy atom. The van der Waals surface area contributed by atoms with E-state index in [1.807, 2.05) is 29.6 Å². The van der Waals surface area contributed by atoms with Gasteiger partial charge in [-0.15, -0.1) is 11.3 Å². The van der Waals surface area contributed by atoms with Crippen LogP contribution in [-0.2, 0) is 0 Å². The highest BCUT2D eigenvalue weighted by Crippen LogP contribution is 2.27. The van der Waals surface area contributed by atoms with E-state index in [2.05, 4.69) is 0 Å². The molecule has 0 bridgehead atoms. The molecular weight excluding hydrogens is 220 g/mol. The van der Waals surface area contributed by atoms with E-state index in [4.69, 9.17) is 0 Å². The molecule has 0 amide bonds. The molecule has 0 saturated heterocycles. The lowest BCUT2D eigenvalue weighted by Crippen LogP contribution is -1.90. The Hall–Kier alpha value is -1.74. The van der Waals surface area contributed by atoms with E-state index in [1.165, 1.54) is 11.3 Å². The van der Waals surface area contributed by atoms with Crippen LogP contribution in [0.4, 0.5) is 0 Å². The van der Waals surface area contributed by atoms with Crippen molar-refractivity contribution in [1.82, 2.24) is 0 Å². The zero-order valence-corrected chi connectivity index (χ0v) is 9.58. The lowest BCUT2D eigenvalue weighted by atomic mass is 10.1. The van der Waals surface area contributed by atoms with E-state index >= 15 is 0 Å². The van der Waals surface area contributed by atoms with Crippen LogP contribution in [-0.4, -0.2) is 12.1 Å². The summed E-state index contributed by atoms with van der Waals surface area (Å²) in [5.74, 6) is 0.0500. The first-order chi connectivity index (χ1) is 7.70. The van der Waals surface area contributed by atoms with Crippen LogP contribution in [0.3, 0.4) is 0 Å².